The van der Waals surface area contributed by atoms with Crippen LogP contribution in [0, 0.1) is 0 Å². The number of halogens is 6. The first-order valence-corrected chi connectivity index (χ1v) is 8.01. The minimum absolute atomic E-state index is 0.166. The van der Waals surface area contributed by atoms with Gasteiger partial charge in [0.2, 0.25) is 10.2 Å². The normalized spacial score (nSPS) is 37.2. The highest BCUT2D eigenvalue weighted by Crippen LogP contribution is 2.67. The van der Waals surface area contributed by atoms with Crippen LogP contribution in [-0.4, -0.2) is 18.6 Å². The van der Waals surface area contributed by atoms with Crippen molar-refractivity contribution in [1.29, 1.82) is 0 Å². The molecule has 2 aliphatic rings. The van der Waals surface area contributed by atoms with Crippen LogP contribution in [-0.2, 0) is 9.59 Å². The highest BCUT2D eigenvalue weighted by atomic mass is 35.5. The van der Waals surface area contributed by atoms with E-state index in [1.807, 2.05) is 0 Å². The fourth-order valence-corrected chi connectivity index (χ4v) is 6.07. The average Bonchev–Trinajstić information content (AvgIpc) is 2.63. The van der Waals surface area contributed by atoms with Gasteiger partial charge in [0.1, 0.15) is 10.1 Å². The molecule has 2 atom stereocenters. The molecule has 2 rings (SSSR count). The van der Waals surface area contributed by atoms with Gasteiger partial charge in [-0.05, 0) is 23.5 Å². The summed E-state index contributed by atoms with van der Waals surface area (Å²) in [5, 5.41) is -1.90. The molecule has 2 nitrogen and oxygen atoms in total. The maximum absolute atomic E-state index is 11.5. The fraction of sp³-hybridized carbons (Fsp3) is 0.250. The van der Waals surface area contributed by atoms with Gasteiger partial charge in [0.25, 0.3) is 0 Å². The van der Waals surface area contributed by atoms with E-state index >= 15 is 0 Å². The molecule has 98 valence electrons. The standard InChI is InChI=1S/C8Cl6O2S2/c9-1-3(11)7(13,17-5(1)15)8(14)4(12)2(10)6(16)18-8. The van der Waals surface area contributed by atoms with E-state index in [2.05, 4.69) is 0 Å². The van der Waals surface area contributed by atoms with Gasteiger partial charge in [-0.1, -0.05) is 69.6 Å². The molecule has 2 unspecified atom stereocenters. The molecule has 2 heterocycles. The second kappa shape index (κ2) is 4.92. The molecule has 0 aliphatic carbocycles. The lowest BCUT2D eigenvalue weighted by Gasteiger charge is -2.34. The molecule has 0 radical (unpaired) electrons. The van der Waals surface area contributed by atoms with Crippen molar-refractivity contribution in [1.82, 2.24) is 0 Å². The smallest absolute Gasteiger partial charge is 0.234 e. The molecule has 0 saturated carbocycles. The van der Waals surface area contributed by atoms with Gasteiger partial charge in [0.05, 0.1) is 10.1 Å². The zero-order valence-corrected chi connectivity index (χ0v) is 14.1. The monoisotopic (exact) mass is 402 g/mol. The number of thioether (sulfide) groups is 2. The second-order valence-electron chi connectivity index (χ2n) is 3.23. The summed E-state index contributed by atoms with van der Waals surface area (Å²) in [5.41, 5.74) is 0. The topological polar surface area (TPSA) is 34.1 Å². The lowest BCUT2D eigenvalue weighted by molar-refractivity contribution is -0.108. The highest BCUT2D eigenvalue weighted by molar-refractivity contribution is 8.21. The van der Waals surface area contributed by atoms with Crippen molar-refractivity contribution in [3.63, 3.8) is 0 Å². The van der Waals surface area contributed by atoms with Crippen LogP contribution in [0.5, 0.6) is 0 Å². The third-order valence-electron chi connectivity index (χ3n) is 2.19. The summed E-state index contributed by atoms with van der Waals surface area (Å²) in [7, 11) is 0. The van der Waals surface area contributed by atoms with Gasteiger partial charge < -0.3 is 0 Å². The summed E-state index contributed by atoms with van der Waals surface area (Å²) in [4.78, 5) is 23.1. The summed E-state index contributed by atoms with van der Waals surface area (Å²) >= 11 is 37.0. The van der Waals surface area contributed by atoms with Gasteiger partial charge in [-0.2, -0.15) is 0 Å². The maximum atomic E-state index is 11.5. The van der Waals surface area contributed by atoms with Crippen LogP contribution in [0.3, 0.4) is 0 Å². The lowest BCUT2D eigenvalue weighted by atomic mass is 10.2. The molecule has 0 saturated heterocycles. The van der Waals surface area contributed by atoms with Crippen molar-refractivity contribution >= 4 is 103 Å². The molecule has 0 aromatic heterocycles. The van der Waals surface area contributed by atoms with E-state index in [0.29, 0.717) is 23.5 Å². The van der Waals surface area contributed by atoms with E-state index in [1.54, 1.807) is 0 Å². The largest absolute Gasteiger partial charge is 0.280 e. The molecule has 0 bridgehead atoms. The van der Waals surface area contributed by atoms with Gasteiger partial charge in [-0.15, -0.1) is 0 Å². The maximum Gasteiger partial charge on any atom is 0.234 e. The van der Waals surface area contributed by atoms with Crippen molar-refractivity contribution in [2.24, 2.45) is 0 Å². The molecule has 0 aromatic carbocycles. The SMILES string of the molecule is O=C1SC(Cl)(C2(Cl)SC(=O)C(Cl)=C2Cl)C(Cl)=C1Cl. The van der Waals surface area contributed by atoms with Crippen molar-refractivity contribution in [2.75, 3.05) is 0 Å². The Morgan fingerprint density at radius 1 is 0.722 bits per heavy atom. The quantitative estimate of drug-likeness (QED) is 0.589. The van der Waals surface area contributed by atoms with E-state index in [-0.39, 0.29) is 20.1 Å². The molecule has 18 heavy (non-hydrogen) atoms. The zero-order chi connectivity index (χ0) is 13.9. The summed E-state index contributed by atoms with van der Waals surface area (Å²) in [6.07, 6.45) is 0. The zero-order valence-electron chi connectivity index (χ0n) is 7.90. The number of rotatable bonds is 1. The minimum Gasteiger partial charge on any atom is -0.280 e. The van der Waals surface area contributed by atoms with Crippen molar-refractivity contribution in [2.45, 2.75) is 8.41 Å². The van der Waals surface area contributed by atoms with Crippen LogP contribution in [0.15, 0.2) is 20.1 Å². The number of carbonyl (C=O) groups is 2. The number of carbonyl (C=O) groups excluding carboxylic acids is 2. The molecule has 0 fully saturated rings. The van der Waals surface area contributed by atoms with Crippen molar-refractivity contribution < 1.29 is 9.59 Å². The minimum atomic E-state index is -1.67. The highest BCUT2D eigenvalue weighted by Gasteiger charge is 2.64. The van der Waals surface area contributed by atoms with E-state index < -0.39 is 18.6 Å². The van der Waals surface area contributed by atoms with Crippen LogP contribution in [0.2, 0.25) is 0 Å². The predicted octanol–water partition coefficient (Wildman–Crippen LogP) is 4.78. The molecule has 10 heteroatoms. The van der Waals surface area contributed by atoms with Gasteiger partial charge >= 0.3 is 0 Å². The first-order valence-electron chi connectivity index (χ1n) is 4.11. The van der Waals surface area contributed by atoms with Crippen molar-refractivity contribution in [3.8, 4) is 0 Å². The van der Waals surface area contributed by atoms with E-state index in [0.717, 1.165) is 0 Å². The van der Waals surface area contributed by atoms with Crippen LogP contribution >= 0.6 is 93.1 Å². The Balaban J connectivity index is 2.58. The average molecular weight is 405 g/mol. The number of hydrogen-bond acceptors (Lipinski definition) is 4. The summed E-state index contributed by atoms with van der Waals surface area (Å²) < 4.78 is -3.34. The third-order valence-corrected chi connectivity index (χ3v) is 8.91. The predicted molar refractivity (Wildman–Crippen MR) is 79.8 cm³/mol. The Morgan fingerprint density at radius 3 is 1.17 bits per heavy atom. The second-order valence-corrected chi connectivity index (χ2v) is 8.69. The van der Waals surface area contributed by atoms with Crippen LogP contribution < -0.4 is 0 Å². The van der Waals surface area contributed by atoms with Crippen molar-refractivity contribution in [3.05, 3.63) is 20.1 Å². The van der Waals surface area contributed by atoms with Gasteiger partial charge in [-0.25, -0.2) is 0 Å². The summed E-state index contributed by atoms with van der Waals surface area (Å²) in [6.45, 7) is 0. The number of hydrogen-bond donors (Lipinski definition) is 0. The molecular weight excluding hydrogens is 405 g/mol. The fourth-order valence-electron chi connectivity index (χ4n) is 1.31. The molecule has 2 aliphatic heterocycles. The Bertz CT molecular complexity index is 496. The van der Waals surface area contributed by atoms with Crippen LogP contribution in [0.1, 0.15) is 0 Å². The first-order chi connectivity index (χ1) is 8.15. The third kappa shape index (κ3) is 1.96. The van der Waals surface area contributed by atoms with E-state index in [4.69, 9.17) is 69.6 Å². The lowest BCUT2D eigenvalue weighted by Crippen LogP contribution is -2.39. The summed E-state index contributed by atoms with van der Waals surface area (Å²) in [6, 6.07) is 0. The van der Waals surface area contributed by atoms with Gasteiger partial charge in [0, 0.05) is 0 Å². The first kappa shape index (κ1) is 15.6. The molecule has 0 aromatic rings. The molecule has 0 amide bonds. The van der Waals surface area contributed by atoms with E-state index in [9.17, 15) is 9.59 Å². The molecule has 0 spiro atoms. The number of alkyl halides is 2. The molecular formula is C8Cl6O2S2. The van der Waals surface area contributed by atoms with E-state index in [1.165, 1.54) is 0 Å². The van der Waals surface area contributed by atoms with Gasteiger partial charge in [-0.3, -0.25) is 9.59 Å². The molecule has 0 N–H and O–H groups in total. The van der Waals surface area contributed by atoms with Crippen LogP contribution in [0.4, 0.5) is 0 Å². The Hall–Kier alpha value is 1.26. The Morgan fingerprint density at radius 2 is 1.00 bits per heavy atom. The van der Waals surface area contributed by atoms with Gasteiger partial charge in [0.15, 0.2) is 8.41 Å². The summed E-state index contributed by atoms with van der Waals surface area (Å²) in [5.74, 6) is 0. The Labute approximate surface area is 140 Å². The van der Waals surface area contributed by atoms with Crippen LogP contribution in [0.25, 0.3) is 0 Å². The Kier molecular flexibility index (Phi) is 4.27.